The lowest BCUT2D eigenvalue weighted by Crippen LogP contribution is -2.56. The molecular weight excluding hydrogens is 487 g/mol. The number of nitrogens with zero attached hydrogens (tertiary/aromatic N) is 2. The molecular formula is C29H35FN4O4. The molecule has 3 heterocycles. The summed E-state index contributed by atoms with van der Waals surface area (Å²) in [6, 6.07) is 5.25. The molecule has 2 saturated heterocycles. The minimum absolute atomic E-state index is 0.0140. The molecule has 2 fully saturated rings. The summed E-state index contributed by atoms with van der Waals surface area (Å²) in [7, 11) is 0. The van der Waals surface area contributed by atoms with Crippen LogP contribution < -0.4 is 10.6 Å². The lowest BCUT2D eigenvalue weighted by atomic mass is 9.98. The molecule has 0 radical (unpaired) electrons. The van der Waals surface area contributed by atoms with Crippen LogP contribution in [0.15, 0.2) is 36.4 Å². The zero-order valence-electron chi connectivity index (χ0n) is 33.0. The van der Waals surface area contributed by atoms with Gasteiger partial charge in [0.25, 0.3) is 5.91 Å². The largest absolute Gasteiger partial charge is 0.381 e. The second-order valence-electron chi connectivity index (χ2n) is 9.80. The maximum Gasteiger partial charge on any atom is 0.255 e. The predicted molar refractivity (Wildman–Crippen MR) is 141 cm³/mol. The SMILES string of the molecule is [2H]C([2H])([2H])C1(C)OC(C)(C)C([2H])([2H])N(Cc2cccc(CNc3cccc4c3CN(C3([2H])C(=O)NC(=O)C([2H])([2H])C3([2H])[2H])C4=O)c2F)C1([2H])[2H]. The van der Waals surface area contributed by atoms with Crippen molar-refractivity contribution in [1.29, 1.82) is 0 Å². The van der Waals surface area contributed by atoms with Crippen LogP contribution in [0, 0.1) is 5.82 Å². The summed E-state index contributed by atoms with van der Waals surface area (Å²) < 4.78 is 122. The third kappa shape index (κ3) is 5.31. The van der Waals surface area contributed by atoms with E-state index in [-0.39, 0.29) is 34.5 Å². The average Bonchev–Trinajstić information content (AvgIpc) is 3.33. The fraction of sp³-hybridized carbons (Fsp3) is 0.483. The minimum atomic E-state index is -3.46. The van der Waals surface area contributed by atoms with Crippen LogP contribution in [0.4, 0.5) is 10.1 Å². The molecule has 2 N–H and O–H groups in total. The molecule has 8 nitrogen and oxygen atoms in total. The number of piperidine rings is 1. The second kappa shape index (κ2) is 9.78. The number of rotatable bonds is 6. The van der Waals surface area contributed by atoms with Crippen molar-refractivity contribution in [2.45, 2.75) is 77.2 Å². The molecule has 202 valence electrons. The fourth-order valence-corrected chi connectivity index (χ4v) is 4.73. The van der Waals surface area contributed by atoms with Crippen LogP contribution in [0.5, 0.6) is 0 Å². The summed E-state index contributed by atoms with van der Waals surface area (Å²) in [5.41, 5.74) is -4.13. The zero-order chi connectivity index (χ0) is 37.8. The molecule has 3 amide bonds. The lowest BCUT2D eigenvalue weighted by molar-refractivity contribution is -0.182. The highest BCUT2D eigenvalue weighted by molar-refractivity contribution is 6.06. The van der Waals surface area contributed by atoms with Gasteiger partial charge in [0.05, 0.1) is 12.6 Å². The number of hydrogen-bond donors (Lipinski definition) is 2. The number of imide groups is 1. The highest BCUT2D eigenvalue weighted by Gasteiger charge is 2.40. The molecule has 0 aliphatic carbocycles. The van der Waals surface area contributed by atoms with Gasteiger partial charge in [0.15, 0.2) is 0 Å². The molecule has 0 spiro atoms. The summed E-state index contributed by atoms with van der Waals surface area (Å²) in [6.45, 7) is -6.49. The Morgan fingerprint density at radius 2 is 1.89 bits per heavy atom. The normalized spacial score (nSPS) is 37.6. The molecule has 2 unspecified atom stereocenters. The highest BCUT2D eigenvalue weighted by atomic mass is 19.1. The first kappa shape index (κ1) is 15.3. The first-order valence-corrected chi connectivity index (χ1v) is 11.9. The number of anilines is 1. The topological polar surface area (TPSA) is 91.0 Å². The zero-order valence-corrected chi connectivity index (χ0v) is 21.0. The van der Waals surface area contributed by atoms with Gasteiger partial charge >= 0.3 is 0 Å². The van der Waals surface area contributed by atoms with Gasteiger partial charge in [-0.3, -0.25) is 24.6 Å². The van der Waals surface area contributed by atoms with Crippen molar-refractivity contribution >= 4 is 23.4 Å². The van der Waals surface area contributed by atoms with Crippen LogP contribution in [-0.2, 0) is 34.0 Å². The van der Waals surface area contributed by atoms with E-state index < -0.39 is 86.4 Å². The van der Waals surface area contributed by atoms with E-state index in [1.807, 2.05) is 0 Å². The smallest absolute Gasteiger partial charge is 0.255 e. The average molecular weight is 535 g/mol. The van der Waals surface area contributed by atoms with Crippen molar-refractivity contribution < 1.29 is 40.0 Å². The number of halogens is 1. The number of carbonyl (C=O) groups excluding carboxylic acids is 3. The molecule has 2 aromatic rings. The van der Waals surface area contributed by atoms with Gasteiger partial charge in [-0.2, -0.15) is 0 Å². The van der Waals surface area contributed by atoms with Crippen LogP contribution in [0.2, 0.25) is 0 Å². The Bertz CT molecular complexity index is 1790. The molecule has 0 saturated carbocycles. The van der Waals surface area contributed by atoms with Crippen LogP contribution in [0.25, 0.3) is 0 Å². The van der Waals surface area contributed by atoms with Crippen LogP contribution >= 0.6 is 0 Å². The molecule has 9 heteroatoms. The van der Waals surface area contributed by atoms with Gasteiger partial charge in [0, 0.05) is 82.0 Å². The summed E-state index contributed by atoms with van der Waals surface area (Å²) in [5, 5.41) is 4.62. The lowest BCUT2D eigenvalue weighted by Gasteiger charge is -2.47. The number of morpholine rings is 1. The van der Waals surface area contributed by atoms with E-state index in [0.717, 1.165) is 6.92 Å². The van der Waals surface area contributed by atoms with Gasteiger partial charge in [-0.15, -0.1) is 0 Å². The number of amides is 3. The summed E-state index contributed by atoms with van der Waals surface area (Å²) in [6.07, 6.45) is -6.81. The second-order valence-corrected chi connectivity index (χ2v) is 9.80. The Labute approximate surface area is 239 Å². The molecule has 2 aromatic carbocycles. The molecule has 0 aromatic heterocycles. The van der Waals surface area contributed by atoms with Gasteiger partial charge in [0.2, 0.25) is 11.8 Å². The van der Waals surface area contributed by atoms with Gasteiger partial charge in [-0.05, 0) is 46.1 Å². The Hall–Kier alpha value is -3.30. The Kier molecular flexibility index (Phi) is 3.95. The number of hydrogen-bond acceptors (Lipinski definition) is 6. The third-order valence-electron chi connectivity index (χ3n) is 6.14. The van der Waals surface area contributed by atoms with E-state index in [1.54, 1.807) is 5.32 Å². The van der Waals surface area contributed by atoms with Crippen LogP contribution in [0.1, 0.15) is 83.9 Å². The van der Waals surface area contributed by atoms with Gasteiger partial charge < -0.3 is 15.0 Å². The maximum atomic E-state index is 16.1. The number of nitrogens with one attached hydrogen (secondary N) is 2. The number of benzene rings is 2. The Balaban J connectivity index is 1.43. The van der Waals surface area contributed by atoms with Crippen molar-refractivity contribution in [3.05, 3.63) is 64.5 Å². The Morgan fingerprint density at radius 1 is 1.16 bits per heavy atom. The van der Waals surface area contributed by atoms with Crippen molar-refractivity contribution in [3.63, 3.8) is 0 Å². The summed E-state index contributed by atoms with van der Waals surface area (Å²) >= 11 is 0. The van der Waals surface area contributed by atoms with E-state index >= 15 is 4.39 Å². The summed E-state index contributed by atoms with van der Waals surface area (Å²) in [5.74, 6) is -4.94. The van der Waals surface area contributed by atoms with Crippen LogP contribution in [0.3, 0.4) is 0 Å². The monoisotopic (exact) mass is 534 g/mol. The van der Waals surface area contributed by atoms with Crippen molar-refractivity contribution in [2.24, 2.45) is 0 Å². The minimum Gasteiger partial charge on any atom is -0.381 e. The highest BCUT2D eigenvalue weighted by Crippen LogP contribution is 2.33. The molecule has 2 atom stereocenters. The Morgan fingerprint density at radius 3 is 2.68 bits per heavy atom. The molecule has 38 heavy (non-hydrogen) atoms. The molecule has 3 aliphatic rings. The van der Waals surface area contributed by atoms with Gasteiger partial charge in [-0.25, -0.2) is 4.39 Å². The van der Waals surface area contributed by atoms with E-state index in [9.17, 15) is 14.4 Å². The fourth-order valence-electron chi connectivity index (χ4n) is 4.73. The number of fused-ring (bicyclic) bond motifs is 1. The maximum absolute atomic E-state index is 16.1. The molecule has 5 rings (SSSR count). The van der Waals surface area contributed by atoms with Crippen molar-refractivity contribution in [3.8, 4) is 0 Å². The van der Waals surface area contributed by atoms with Crippen molar-refractivity contribution in [2.75, 3.05) is 18.3 Å². The van der Waals surface area contributed by atoms with E-state index in [0.29, 0.717) is 9.80 Å². The van der Waals surface area contributed by atoms with Gasteiger partial charge in [0.1, 0.15) is 11.8 Å². The third-order valence-corrected chi connectivity index (χ3v) is 6.14. The number of ether oxygens (including phenoxy) is 1. The van der Waals surface area contributed by atoms with E-state index in [4.69, 9.17) is 21.2 Å². The van der Waals surface area contributed by atoms with Gasteiger partial charge in [-0.1, -0.05) is 24.3 Å². The number of carbonyl (C=O) groups is 3. The van der Waals surface area contributed by atoms with E-state index in [2.05, 4.69) is 5.32 Å². The first-order chi connectivity index (χ1) is 22.6. The quantitative estimate of drug-likeness (QED) is 0.551. The molecule has 3 aliphatic heterocycles. The van der Waals surface area contributed by atoms with E-state index in [1.165, 1.54) is 50.2 Å². The van der Waals surface area contributed by atoms with Crippen molar-refractivity contribution in [1.82, 2.24) is 15.1 Å². The predicted octanol–water partition coefficient (Wildman–Crippen LogP) is 3.59. The van der Waals surface area contributed by atoms with Crippen LogP contribution in [-0.4, -0.2) is 57.7 Å². The first-order valence-electron chi connectivity index (χ1n) is 17.9. The summed E-state index contributed by atoms with van der Waals surface area (Å²) in [4.78, 5) is 39.6. The standard InChI is InChI=1S/C29H35FN4O4/c1-28(2)16-33(17-29(3,4)38-28)14-19-8-5-7-18(25(19)30)13-31-22-10-6-9-20-21(22)15-34(27(20)37)23-11-12-24(35)32-26(23)36/h5-10,23,31H,11-17H2,1-4H3,(H,32,35,36)/i1D3,11D2,12D2,16D2,17D2,23D. The molecule has 0 bridgehead atoms.